The van der Waals surface area contributed by atoms with E-state index in [-0.39, 0.29) is 0 Å². The van der Waals surface area contributed by atoms with Gasteiger partial charge in [0.2, 0.25) is 0 Å². The molecule has 3 aromatic heterocycles. The quantitative estimate of drug-likeness (QED) is 0.288. The summed E-state index contributed by atoms with van der Waals surface area (Å²) >= 11 is 3.76. The molecule has 0 N–H and O–H groups in total. The first-order valence-electron chi connectivity index (χ1n) is 8.96. The van der Waals surface area contributed by atoms with Gasteiger partial charge in [-0.3, -0.25) is 4.57 Å². The third-order valence-electron chi connectivity index (χ3n) is 5.06. The molecule has 0 radical (unpaired) electrons. The van der Waals surface area contributed by atoms with Crippen LogP contribution in [0, 0.1) is 0 Å². The Kier molecular flexibility index (Phi) is 3.27. The standard InChI is InChI=1S/C24H15NS2/c1-2-8-16(9-3-1)14-15-25-23-21(17-10-4-6-12-19(17)26-23)22-18-11-5-7-13-20(18)27-24(22)25/h1-15H/b15-14+. The molecule has 0 atom stereocenters. The highest BCUT2D eigenvalue weighted by molar-refractivity contribution is 7.28. The lowest BCUT2D eigenvalue weighted by atomic mass is 10.1. The van der Waals surface area contributed by atoms with E-state index >= 15 is 0 Å². The highest BCUT2D eigenvalue weighted by atomic mass is 32.1. The van der Waals surface area contributed by atoms with E-state index < -0.39 is 0 Å². The summed E-state index contributed by atoms with van der Waals surface area (Å²) in [6, 6.07) is 28.0. The maximum absolute atomic E-state index is 2.38. The number of rotatable bonds is 2. The van der Waals surface area contributed by atoms with Crippen molar-refractivity contribution in [2.45, 2.75) is 0 Å². The SMILES string of the molecule is C(=C\n1c2sc3ccccc3c2c2c3ccccc3sc21)/c1ccccc1. The van der Waals surface area contributed by atoms with Crippen LogP contribution in [0.25, 0.3) is 52.9 Å². The molecule has 0 aliphatic carbocycles. The maximum Gasteiger partial charge on any atom is 0.109 e. The Morgan fingerprint density at radius 1 is 0.593 bits per heavy atom. The Morgan fingerprint density at radius 2 is 1.11 bits per heavy atom. The minimum atomic E-state index is 1.22. The summed E-state index contributed by atoms with van der Waals surface area (Å²) < 4.78 is 5.08. The molecule has 128 valence electrons. The van der Waals surface area contributed by atoms with Crippen molar-refractivity contribution in [3.63, 3.8) is 0 Å². The molecule has 0 bridgehead atoms. The average Bonchev–Trinajstić information content (AvgIpc) is 3.34. The van der Waals surface area contributed by atoms with E-state index in [9.17, 15) is 0 Å². The van der Waals surface area contributed by atoms with Gasteiger partial charge in [0.25, 0.3) is 0 Å². The van der Waals surface area contributed by atoms with Crippen LogP contribution < -0.4 is 0 Å². The Bertz CT molecular complexity index is 1370. The van der Waals surface area contributed by atoms with Crippen molar-refractivity contribution in [2.24, 2.45) is 0 Å². The third kappa shape index (κ3) is 2.22. The van der Waals surface area contributed by atoms with Crippen LogP contribution in [0.5, 0.6) is 0 Å². The number of nitrogens with zero attached hydrogens (tertiary/aromatic N) is 1. The Morgan fingerprint density at radius 3 is 1.70 bits per heavy atom. The van der Waals surface area contributed by atoms with Crippen molar-refractivity contribution in [3.05, 3.63) is 84.4 Å². The molecule has 27 heavy (non-hydrogen) atoms. The van der Waals surface area contributed by atoms with Crippen molar-refractivity contribution >= 4 is 75.6 Å². The monoisotopic (exact) mass is 381 g/mol. The van der Waals surface area contributed by atoms with Crippen LogP contribution in [0.3, 0.4) is 0 Å². The second-order valence-electron chi connectivity index (χ2n) is 6.65. The number of benzene rings is 3. The van der Waals surface area contributed by atoms with Crippen molar-refractivity contribution in [1.82, 2.24) is 4.57 Å². The molecule has 1 nitrogen and oxygen atoms in total. The summed E-state index contributed by atoms with van der Waals surface area (Å²) in [7, 11) is 0. The van der Waals surface area contributed by atoms with E-state index in [1.807, 2.05) is 22.7 Å². The van der Waals surface area contributed by atoms with E-state index in [0.717, 1.165) is 0 Å². The molecule has 0 aliphatic rings. The molecule has 0 amide bonds. The summed E-state index contributed by atoms with van der Waals surface area (Å²) in [6.07, 6.45) is 4.43. The molecule has 0 saturated heterocycles. The van der Waals surface area contributed by atoms with E-state index in [4.69, 9.17) is 0 Å². The summed E-state index contributed by atoms with van der Waals surface area (Å²) in [5, 5.41) is 5.50. The van der Waals surface area contributed by atoms with Crippen molar-refractivity contribution in [2.75, 3.05) is 0 Å². The molecule has 3 aromatic carbocycles. The number of fused-ring (bicyclic) bond motifs is 7. The molecule has 6 aromatic rings. The number of hydrogen-bond acceptors (Lipinski definition) is 2. The van der Waals surface area contributed by atoms with Crippen LogP contribution in [-0.2, 0) is 0 Å². The maximum atomic E-state index is 2.38. The van der Waals surface area contributed by atoms with Crippen molar-refractivity contribution < 1.29 is 0 Å². The van der Waals surface area contributed by atoms with Gasteiger partial charge in [-0.05, 0) is 23.8 Å². The second kappa shape index (κ2) is 5.81. The van der Waals surface area contributed by atoms with E-state index in [1.54, 1.807) is 0 Å². The molecule has 6 rings (SSSR count). The normalized spacial score (nSPS) is 12.3. The minimum absolute atomic E-state index is 1.22. The van der Waals surface area contributed by atoms with E-state index in [0.29, 0.717) is 0 Å². The minimum Gasteiger partial charge on any atom is -0.299 e. The van der Waals surface area contributed by atoms with Crippen LogP contribution in [-0.4, -0.2) is 4.57 Å². The smallest absolute Gasteiger partial charge is 0.109 e. The molecular formula is C24H15NS2. The number of hydrogen-bond donors (Lipinski definition) is 0. The fourth-order valence-corrected chi connectivity index (χ4v) is 6.30. The fourth-order valence-electron chi connectivity index (χ4n) is 3.84. The summed E-state index contributed by atoms with van der Waals surface area (Å²) in [4.78, 5) is 2.66. The first-order chi connectivity index (χ1) is 13.4. The molecule has 0 fully saturated rings. The highest BCUT2D eigenvalue weighted by Crippen LogP contribution is 2.46. The van der Waals surface area contributed by atoms with Gasteiger partial charge in [-0.2, -0.15) is 0 Å². The topological polar surface area (TPSA) is 4.93 Å². The Balaban J connectivity index is 1.76. The van der Waals surface area contributed by atoms with Gasteiger partial charge >= 0.3 is 0 Å². The molecule has 0 aliphatic heterocycles. The number of thiophene rings is 2. The summed E-state index contributed by atoms with van der Waals surface area (Å²) in [5.74, 6) is 0. The van der Waals surface area contributed by atoms with Crippen LogP contribution >= 0.6 is 22.7 Å². The van der Waals surface area contributed by atoms with Gasteiger partial charge in [0.1, 0.15) is 9.66 Å². The van der Waals surface area contributed by atoms with Crippen LogP contribution in [0.1, 0.15) is 5.56 Å². The highest BCUT2D eigenvalue weighted by Gasteiger charge is 2.19. The zero-order valence-electron chi connectivity index (χ0n) is 14.4. The molecule has 0 unspecified atom stereocenters. The molecule has 3 heteroatoms. The predicted octanol–water partition coefficient (Wildman–Crippen LogP) is 7.85. The van der Waals surface area contributed by atoms with Gasteiger partial charge in [0.15, 0.2) is 0 Å². The van der Waals surface area contributed by atoms with Crippen LogP contribution in [0.2, 0.25) is 0 Å². The van der Waals surface area contributed by atoms with Gasteiger partial charge in [0.05, 0.1) is 0 Å². The largest absolute Gasteiger partial charge is 0.299 e. The first-order valence-corrected chi connectivity index (χ1v) is 10.6. The van der Waals surface area contributed by atoms with Crippen LogP contribution in [0.4, 0.5) is 0 Å². The van der Waals surface area contributed by atoms with E-state index in [1.165, 1.54) is 46.2 Å². The summed E-state index contributed by atoms with van der Waals surface area (Å²) in [5.41, 5.74) is 1.22. The number of aromatic nitrogens is 1. The first kappa shape index (κ1) is 15.2. The zero-order chi connectivity index (χ0) is 17.8. The van der Waals surface area contributed by atoms with Crippen LogP contribution in [0.15, 0.2) is 78.9 Å². The third-order valence-corrected chi connectivity index (χ3v) is 7.40. The molecule has 3 heterocycles. The lowest BCUT2D eigenvalue weighted by molar-refractivity contribution is 1.34. The van der Waals surface area contributed by atoms with Gasteiger partial charge < -0.3 is 0 Å². The van der Waals surface area contributed by atoms with Gasteiger partial charge in [-0.1, -0.05) is 66.7 Å². The van der Waals surface area contributed by atoms with E-state index in [2.05, 4.69) is 95.7 Å². The lowest BCUT2D eigenvalue weighted by Crippen LogP contribution is -1.81. The van der Waals surface area contributed by atoms with Gasteiger partial charge in [-0.15, -0.1) is 22.7 Å². The lowest BCUT2D eigenvalue weighted by Gasteiger charge is -1.97. The van der Waals surface area contributed by atoms with Gasteiger partial charge in [-0.25, -0.2) is 0 Å². The van der Waals surface area contributed by atoms with Crippen molar-refractivity contribution in [1.29, 1.82) is 0 Å². The second-order valence-corrected chi connectivity index (χ2v) is 8.71. The molecule has 0 saturated carbocycles. The Labute approximate surface area is 164 Å². The molecule has 0 spiro atoms. The zero-order valence-corrected chi connectivity index (χ0v) is 16.1. The molecular weight excluding hydrogens is 366 g/mol. The Hall–Kier alpha value is -2.88. The summed E-state index contributed by atoms with van der Waals surface area (Å²) in [6.45, 7) is 0. The van der Waals surface area contributed by atoms with Crippen molar-refractivity contribution in [3.8, 4) is 0 Å². The van der Waals surface area contributed by atoms with Gasteiger partial charge in [0, 0.05) is 37.1 Å². The fraction of sp³-hybridized carbons (Fsp3) is 0. The average molecular weight is 382 g/mol. The predicted molar refractivity (Wildman–Crippen MR) is 122 cm³/mol.